The van der Waals surface area contributed by atoms with Crippen LogP contribution < -0.4 is 0 Å². The smallest absolute Gasteiger partial charge is 0.205 e. The summed E-state index contributed by atoms with van der Waals surface area (Å²) in [5.74, 6) is 0. The minimum atomic E-state index is 0.131. The van der Waals surface area contributed by atoms with Crippen LogP contribution in [0.2, 0.25) is 0 Å². The van der Waals surface area contributed by atoms with Gasteiger partial charge in [-0.1, -0.05) is 32.1 Å². The number of hydrogen-bond donors (Lipinski definition) is 0. The Bertz CT molecular complexity index is 550. The van der Waals surface area contributed by atoms with E-state index < -0.39 is 0 Å². The van der Waals surface area contributed by atoms with Crippen molar-refractivity contribution in [3.8, 4) is 0 Å². The fourth-order valence-electron chi connectivity index (χ4n) is 3.16. The highest BCUT2D eigenvalue weighted by Crippen LogP contribution is 2.36. The maximum Gasteiger partial charge on any atom is 0.205 e. The zero-order valence-corrected chi connectivity index (χ0v) is 13.7. The lowest BCUT2D eigenvalue weighted by atomic mass is 9.90. The molecule has 2 heteroatoms. The summed E-state index contributed by atoms with van der Waals surface area (Å²) in [7, 11) is 6.40. The lowest BCUT2D eigenvalue weighted by Gasteiger charge is -2.22. The molecule has 0 aromatic rings. The Labute approximate surface area is 123 Å². The molecule has 1 aliphatic carbocycles. The zero-order chi connectivity index (χ0) is 14.9. The number of rotatable bonds is 1. The largest absolute Gasteiger partial charge is 0.354 e. The first-order valence-corrected chi connectivity index (χ1v) is 7.40. The fraction of sp³-hybridized carbons (Fsp3) is 0.500. The van der Waals surface area contributed by atoms with Gasteiger partial charge in [0.2, 0.25) is 5.71 Å². The fourth-order valence-corrected chi connectivity index (χ4v) is 3.16. The summed E-state index contributed by atoms with van der Waals surface area (Å²) in [6, 6.07) is 0. The molecule has 1 aliphatic heterocycles. The molecule has 0 bridgehead atoms. The second-order valence-electron chi connectivity index (χ2n) is 6.45. The highest BCUT2D eigenvalue weighted by atomic mass is 15.1. The van der Waals surface area contributed by atoms with E-state index in [1.807, 2.05) is 0 Å². The van der Waals surface area contributed by atoms with Crippen molar-refractivity contribution in [2.24, 2.45) is 5.41 Å². The summed E-state index contributed by atoms with van der Waals surface area (Å²) < 4.78 is 2.24. The maximum absolute atomic E-state index is 2.31. The Morgan fingerprint density at radius 2 is 1.80 bits per heavy atom. The predicted octanol–water partition coefficient (Wildman–Crippen LogP) is 3.74. The van der Waals surface area contributed by atoms with Crippen molar-refractivity contribution in [3.05, 3.63) is 47.3 Å². The van der Waals surface area contributed by atoms with E-state index in [0.717, 1.165) is 12.8 Å². The van der Waals surface area contributed by atoms with E-state index in [4.69, 9.17) is 0 Å². The van der Waals surface area contributed by atoms with Crippen LogP contribution in [-0.4, -0.2) is 36.3 Å². The maximum atomic E-state index is 2.31. The van der Waals surface area contributed by atoms with Gasteiger partial charge >= 0.3 is 0 Å². The van der Waals surface area contributed by atoms with E-state index in [1.54, 1.807) is 0 Å². The monoisotopic (exact) mass is 271 g/mol. The lowest BCUT2D eigenvalue weighted by Crippen LogP contribution is -2.17. The van der Waals surface area contributed by atoms with Crippen molar-refractivity contribution in [3.63, 3.8) is 0 Å². The van der Waals surface area contributed by atoms with Gasteiger partial charge in [0.05, 0.1) is 0 Å². The van der Waals surface area contributed by atoms with Gasteiger partial charge in [-0.25, -0.2) is 4.58 Å². The molecule has 108 valence electrons. The van der Waals surface area contributed by atoms with E-state index in [1.165, 1.54) is 22.6 Å². The number of allylic oxidation sites excluding steroid dienone is 6. The molecule has 0 radical (unpaired) electrons. The summed E-state index contributed by atoms with van der Waals surface area (Å²) in [5.41, 5.74) is 5.81. The normalized spacial score (nSPS) is 27.4. The van der Waals surface area contributed by atoms with Crippen LogP contribution in [0.1, 0.15) is 33.6 Å². The molecule has 0 spiro atoms. The molecule has 0 atom stereocenters. The minimum absolute atomic E-state index is 0.131. The Hall–Kier alpha value is -1.57. The van der Waals surface area contributed by atoms with E-state index in [9.17, 15) is 0 Å². The van der Waals surface area contributed by atoms with Gasteiger partial charge < -0.3 is 4.90 Å². The third-order valence-electron chi connectivity index (χ3n) is 4.27. The highest BCUT2D eigenvalue weighted by molar-refractivity contribution is 6.11. The molecule has 20 heavy (non-hydrogen) atoms. The SMILES string of the molecule is CC=C1CCC(=CC=C2N(C)C=CC2(C)C)C1=[N+](C)C. The topological polar surface area (TPSA) is 6.25 Å². The summed E-state index contributed by atoms with van der Waals surface area (Å²) in [6.45, 7) is 6.66. The molecule has 2 aliphatic rings. The van der Waals surface area contributed by atoms with Gasteiger partial charge in [0, 0.05) is 35.5 Å². The van der Waals surface area contributed by atoms with Crippen LogP contribution in [0.5, 0.6) is 0 Å². The van der Waals surface area contributed by atoms with Crippen LogP contribution in [0, 0.1) is 5.41 Å². The molecular formula is C18H27N2+. The van der Waals surface area contributed by atoms with Gasteiger partial charge in [-0.15, -0.1) is 0 Å². The Balaban J connectivity index is 2.36. The second-order valence-corrected chi connectivity index (χ2v) is 6.45. The second kappa shape index (κ2) is 5.43. The average molecular weight is 271 g/mol. The van der Waals surface area contributed by atoms with Crippen LogP contribution in [0.25, 0.3) is 0 Å². The molecule has 0 saturated heterocycles. The van der Waals surface area contributed by atoms with Gasteiger partial charge in [-0.05, 0) is 25.8 Å². The predicted molar refractivity (Wildman–Crippen MR) is 87.0 cm³/mol. The van der Waals surface area contributed by atoms with Gasteiger partial charge in [0.25, 0.3) is 0 Å². The van der Waals surface area contributed by atoms with Crippen molar-refractivity contribution >= 4 is 5.71 Å². The van der Waals surface area contributed by atoms with Crippen molar-refractivity contribution < 1.29 is 4.58 Å². The first kappa shape index (κ1) is 14.8. The lowest BCUT2D eigenvalue weighted by molar-refractivity contribution is -0.463. The summed E-state index contributed by atoms with van der Waals surface area (Å²) in [6.07, 6.45) is 13.6. The molecule has 2 rings (SSSR count). The Kier molecular flexibility index (Phi) is 4.03. The van der Waals surface area contributed by atoms with E-state index in [0.29, 0.717) is 0 Å². The highest BCUT2D eigenvalue weighted by Gasteiger charge is 2.29. The molecular weight excluding hydrogens is 244 g/mol. The van der Waals surface area contributed by atoms with Gasteiger partial charge in [-0.2, -0.15) is 0 Å². The third kappa shape index (κ3) is 2.65. The summed E-state index contributed by atoms with van der Waals surface area (Å²) in [4.78, 5) is 2.22. The van der Waals surface area contributed by atoms with Gasteiger partial charge in [-0.3, -0.25) is 0 Å². The number of hydrogen-bond acceptors (Lipinski definition) is 1. The van der Waals surface area contributed by atoms with E-state index >= 15 is 0 Å². The number of nitrogens with zero attached hydrogens (tertiary/aromatic N) is 2. The molecule has 1 saturated carbocycles. The van der Waals surface area contributed by atoms with Gasteiger partial charge in [0.1, 0.15) is 14.1 Å². The molecule has 1 fully saturated rings. The molecule has 0 unspecified atom stereocenters. The molecule has 0 aromatic heterocycles. The molecule has 1 heterocycles. The Morgan fingerprint density at radius 3 is 2.30 bits per heavy atom. The first-order chi connectivity index (χ1) is 9.36. The third-order valence-corrected chi connectivity index (χ3v) is 4.27. The van der Waals surface area contributed by atoms with E-state index in [-0.39, 0.29) is 5.41 Å². The summed E-state index contributed by atoms with van der Waals surface area (Å²) >= 11 is 0. The van der Waals surface area contributed by atoms with Crippen molar-refractivity contribution in [2.45, 2.75) is 33.6 Å². The van der Waals surface area contributed by atoms with Crippen molar-refractivity contribution in [1.29, 1.82) is 0 Å². The molecule has 0 amide bonds. The van der Waals surface area contributed by atoms with Crippen molar-refractivity contribution in [2.75, 3.05) is 21.1 Å². The Morgan fingerprint density at radius 1 is 1.15 bits per heavy atom. The summed E-state index contributed by atoms with van der Waals surface area (Å²) in [5, 5.41) is 0. The van der Waals surface area contributed by atoms with E-state index in [2.05, 4.69) is 81.9 Å². The molecule has 0 N–H and O–H groups in total. The average Bonchev–Trinajstić information content (AvgIpc) is 2.89. The van der Waals surface area contributed by atoms with Crippen LogP contribution in [0.15, 0.2) is 47.3 Å². The standard InChI is InChI=1S/C18H27N2/c1-7-14-8-9-15(17(14)19(4)5)10-11-16-18(2,3)12-13-20(16)6/h7,10-13H,8-9H2,1-6H3/q+1. The zero-order valence-electron chi connectivity index (χ0n) is 13.7. The molecule has 0 aromatic carbocycles. The van der Waals surface area contributed by atoms with Crippen LogP contribution in [-0.2, 0) is 0 Å². The van der Waals surface area contributed by atoms with Crippen LogP contribution in [0.4, 0.5) is 0 Å². The van der Waals surface area contributed by atoms with Crippen molar-refractivity contribution in [1.82, 2.24) is 4.90 Å². The van der Waals surface area contributed by atoms with Crippen LogP contribution >= 0.6 is 0 Å². The van der Waals surface area contributed by atoms with Gasteiger partial charge in [0.15, 0.2) is 0 Å². The first-order valence-electron chi connectivity index (χ1n) is 7.40. The molecule has 2 nitrogen and oxygen atoms in total. The quantitative estimate of drug-likeness (QED) is 0.659. The van der Waals surface area contributed by atoms with Crippen LogP contribution in [0.3, 0.4) is 0 Å². The minimum Gasteiger partial charge on any atom is -0.354 e.